The van der Waals surface area contributed by atoms with E-state index in [1.807, 2.05) is 0 Å². The topological polar surface area (TPSA) is 133 Å². The standard InChI is InChI=1S/C12H11N5O3/c13-10(18)7-3-8(11(14)19)5-9(4-7)16-12(20)17-2-1-15-6-17/h1-6H,(H2,13,18)(H2,14,19)(H,16,20). The highest BCUT2D eigenvalue weighted by Gasteiger charge is 2.11. The van der Waals surface area contributed by atoms with Gasteiger partial charge in [-0.15, -0.1) is 0 Å². The average Bonchev–Trinajstić information content (AvgIpc) is 2.92. The molecule has 0 fully saturated rings. The average molecular weight is 273 g/mol. The molecule has 3 amide bonds. The van der Waals surface area contributed by atoms with Gasteiger partial charge in [0, 0.05) is 29.2 Å². The maximum atomic E-state index is 11.8. The number of nitrogens with two attached hydrogens (primary N) is 2. The van der Waals surface area contributed by atoms with Gasteiger partial charge in [0.25, 0.3) is 0 Å². The Labute approximate surface area is 113 Å². The Hall–Kier alpha value is -3.16. The second-order valence-corrected chi connectivity index (χ2v) is 3.93. The molecule has 0 atom stereocenters. The van der Waals surface area contributed by atoms with E-state index in [0.29, 0.717) is 0 Å². The van der Waals surface area contributed by atoms with Crippen LogP contribution >= 0.6 is 0 Å². The summed E-state index contributed by atoms with van der Waals surface area (Å²) in [5, 5.41) is 2.50. The normalized spacial score (nSPS) is 10.0. The van der Waals surface area contributed by atoms with Crippen molar-refractivity contribution in [2.75, 3.05) is 5.32 Å². The van der Waals surface area contributed by atoms with Crippen molar-refractivity contribution in [3.05, 3.63) is 48.0 Å². The van der Waals surface area contributed by atoms with Gasteiger partial charge in [-0.05, 0) is 18.2 Å². The van der Waals surface area contributed by atoms with Crippen molar-refractivity contribution in [1.82, 2.24) is 9.55 Å². The minimum atomic E-state index is -0.730. The molecule has 0 saturated heterocycles. The third-order valence-corrected chi connectivity index (χ3v) is 2.49. The molecule has 0 radical (unpaired) electrons. The predicted molar refractivity (Wildman–Crippen MR) is 70.1 cm³/mol. The van der Waals surface area contributed by atoms with Gasteiger partial charge >= 0.3 is 6.03 Å². The highest BCUT2D eigenvalue weighted by molar-refractivity contribution is 6.01. The Morgan fingerprint density at radius 1 is 1.05 bits per heavy atom. The molecule has 1 aromatic carbocycles. The summed E-state index contributed by atoms with van der Waals surface area (Å²) in [7, 11) is 0. The summed E-state index contributed by atoms with van der Waals surface area (Å²) < 4.78 is 1.20. The van der Waals surface area contributed by atoms with E-state index in [1.54, 1.807) is 0 Å². The number of benzene rings is 1. The van der Waals surface area contributed by atoms with E-state index in [2.05, 4.69) is 10.3 Å². The fourth-order valence-electron chi connectivity index (χ4n) is 1.55. The summed E-state index contributed by atoms with van der Waals surface area (Å²) in [5.41, 5.74) is 10.7. The van der Waals surface area contributed by atoms with Crippen molar-refractivity contribution in [2.45, 2.75) is 0 Å². The van der Waals surface area contributed by atoms with Crippen LogP contribution < -0.4 is 16.8 Å². The van der Waals surface area contributed by atoms with E-state index >= 15 is 0 Å². The zero-order chi connectivity index (χ0) is 14.7. The molecule has 2 rings (SSSR count). The molecule has 0 unspecified atom stereocenters. The summed E-state index contributed by atoms with van der Waals surface area (Å²) >= 11 is 0. The number of carbonyl (C=O) groups is 3. The molecule has 0 aliphatic heterocycles. The Balaban J connectivity index is 2.33. The van der Waals surface area contributed by atoms with Gasteiger partial charge in [0.2, 0.25) is 11.8 Å². The first kappa shape index (κ1) is 13.3. The summed E-state index contributed by atoms with van der Waals surface area (Å²) in [4.78, 5) is 37.9. The molecule has 8 nitrogen and oxygen atoms in total. The fraction of sp³-hybridized carbons (Fsp3) is 0. The molecule has 0 aliphatic rings. The lowest BCUT2D eigenvalue weighted by molar-refractivity contribution is 0.0999. The lowest BCUT2D eigenvalue weighted by Crippen LogP contribution is -2.20. The lowest BCUT2D eigenvalue weighted by Gasteiger charge is -2.08. The highest BCUT2D eigenvalue weighted by Crippen LogP contribution is 2.15. The third-order valence-electron chi connectivity index (χ3n) is 2.49. The third kappa shape index (κ3) is 2.80. The summed E-state index contributed by atoms with van der Waals surface area (Å²) in [6.07, 6.45) is 4.19. The molecule has 1 aromatic heterocycles. The maximum absolute atomic E-state index is 11.8. The van der Waals surface area contributed by atoms with Crippen LogP contribution in [-0.4, -0.2) is 27.4 Å². The molecule has 0 spiro atoms. The molecule has 102 valence electrons. The van der Waals surface area contributed by atoms with Crippen LogP contribution in [0.25, 0.3) is 0 Å². The van der Waals surface area contributed by atoms with Crippen molar-refractivity contribution >= 4 is 23.5 Å². The second kappa shape index (κ2) is 5.22. The first-order chi connectivity index (χ1) is 9.47. The fourth-order valence-corrected chi connectivity index (χ4v) is 1.55. The zero-order valence-corrected chi connectivity index (χ0v) is 10.2. The van der Waals surface area contributed by atoms with Gasteiger partial charge in [0.1, 0.15) is 6.33 Å². The first-order valence-corrected chi connectivity index (χ1v) is 5.51. The van der Waals surface area contributed by atoms with E-state index in [0.717, 1.165) is 0 Å². The summed E-state index contributed by atoms with van der Waals surface area (Å²) in [5.74, 6) is -1.46. The van der Waals surface area contributed by atoms with Gasteiger partial charge in [-0.2, -0.15) is 0 Å². The lowest BCUT2D eigenvalue weighted by atomic mass is 10.1. The number of nitrogens with zero attached hydrogens (tertiary/aromatic N) is 2. The molecule has 20 heavy (non-hydrogen) atoms. The number of primary amides is 2. The monoisotopic (exact) mass is 273 g/mol. The summed E-state index contributed by atoms with van der Waals surface area (Å²) in [6, 6.07) is 3.46. The van der Waals surface area contributed by atoms with Gasteiger partial charge in [0.15, 0.2) is 0 Å². The summed E-state index contributed by atoms with van der Waals surface area (Å²) in [6.45, 7) is 0. The van der Waals surface area contributed by atoms with Gasteiger partial charge in [-0.25, -0.2) is 9.78 Å². The number of carbonyl (C=O) groups excluding carboxylic acids is 3. The minimum Gasteiger partial charge on any atom is -0.366 e. The predicted octanol–water partition coefficient (Wildman–Crippen LogP) is 0.161. The van der Waals surface area contributed by atoms with Gasteiger partial charge < -0.3 is 16.8 Å². The van der Waals surface area contributed by atoms with E-state index < -0.39 is 17.8 Å². The van der Waals surface area contributed by atoms with Crippen molar-refractivity contribution in [3.8, 4) is 0 Å². The van der Waals surface area contributed by atoms with Crippen LogP contribution in [0.3, 0.4) is 0 Å². The number of anilines is 1. The van der Waals surface area contributed by atoms with E-state index in [9.17, 15) is 14.4 Å². The highest BCUT2D eigenvalue weighted by atomic mass is 16.2. The number of hydrogen-bond acceptors (Lipinski definition) is 4. The Bertz CT molecular complexity index is 646. The number of hydrogen-bond donors (Lipinski definition) is 3. The van der Waals surface area contributed by atoms with Crippen LogP contribution in [0.2, 0.25) is 0 Å². The van der Waals surface area contributed by atoms with E-state index in [4.69, 9.17) is 11.5 Å². The van der Waals surface area contributed by atoms with Crippen LogP contribution in [-0.2, 0) is 0 Å². The molecular formula is C12H11N5O3. The zero-order valence-electron chi connectivity index (χ0n) is 10.2. The van der Waals surface area contributed by atoms with Crippen LogP contribution in [0.1, 0.15) is 20.7 Å². The van der Waals surface area contributed by atoms with E-state index in [1.165, 1.54) is 41.5 Å². The number of aromatic nitrogens is 2. The smallest absolute Gasteiger partial charge is 0.331 e. The Morgan fingerprint density at radius 2 is 1.65 bits per heavy atom. The van der Waals surface area contributed by atoms with Crippen molar-refractivity contribution < 1.29 is 14.4 Å². The number of nitrogens with one attached hydrogen (secondary N) is 1. The quantitative estimate of drug-likeness (QED) is 0.734. The molecule has 2 aromatic rings. The van der Waals surface area contributed by atoms with E-state index in [-0.39, 0.29) is 16.8 Å². The number of imidazole rings is 1. The second-order valence-electron chi connectivity index (χ2n) is 3.93. The number of amides is 3. The molecule has 0 aliphatic carbocycles. The molecule has 8 heteroatoms. The van der Waals surface area contributed by atoms with Gasteiger partial charge in [0.05, 0.1) is 0 Å². The molecule has 1 heterocycles. The molecule has 0 bridgehead atoms. The SMILES string of the molecule is NC(=O)c1cc(NC(=O)n2ccnc2)cc(C(N)=O)c1. The Kier molecular flexibility index (Phi) is 3.47. The minimum absolute atomic E-state index is 0.0715. The molecule has 0 saturated carbocycles. The largest absolute Gasteiger partial charge is 0.366 e. The van der Waals surface area contributed by atoms with Crippen LogP contribution in [0.4, 0.5) is 10.5 Å². The number of rotatable bonds is 3. The van der Waals surface area contributed by atoms with Crippen molar-refractivity contribution in [1.29, 1.82) is 0 Å². The Morgan fingerprint density at radius 3 is 2.10 bits per heavy atom. The molecular weight excluding hydrogens is 262 g/mol. The van der Waals surface area contributed by atoms with Crippen LogP contribution in [0, 0.1) is 0 Å². The van der Waals surface area contributed by atoms with Crippen molar-refractivity contribution in [3.63, 3.8) is 0 Å². The van der Waals surface area contributed by atoms with Gasteiger partial charge in [-0.3, -0.25) is 14.2 Å². The van der Waals surface area contributed by atoms with Crippen molar-refractivity contribution in [2.24, 2.45) is 11.5 Å². The van der Waals surface area contributed by atoms with Crippen LogP contribution in [0.15, 0.2) is 36.9 Å². The maximum Gasteiger partial charge on any atom is 0.331 e. The molecule has 5 N–H and O–H groups in total. The first-order valence-electron chi connectivity index (χ1n) is 5.51. The van der Waals surface area contributed by atoms with Gasteiger partial charge in [-0.1, -0.05) is 0 Å². The van der Waals surface area contributed by atoms with Crippen LogP contribution in [0.5, 0.6) is 0 Å².